The van der Waals surface area contributed by atoms with Gasteiger partial charge in [-0.3, -0.25) is 4.79 Å². The second-order valence-electron chi connectivity index (χ2n) is 3.96. The fourth-order valence-electron chi connectivity index (χ4n) is 1.78. The molecule has 0 aliphatic rings. The number of halogens is 2. The SMILES string of the molecule is C=CCC(C(=O)OCC)C(O)c1c(F)cccc1F. The predicted molar refractivity (Wildman–Crippen MR) is 66.3 cm³/mol. The van der Waals surface area contributed by atoms with Gasteiger partial charge in [0, 0.05) is 0 Å². The minimum atomic E-state index is -1.61. The summed E-state index contributed by atoms with van der Waals surface area (Å²) in [6.45, 7) is 5.19. The molecule has 104 valence electrons. The Kier molecular flexibility index (Phi) is 5.63. The number of allylic oxidation sites excluding steroid dienone is 1. The fourth-order valence-corrected chi connectivity index (χ4v) is 1.78. The standard InChI is InChI=1S/C14H16F2O3/c1-3-6-9(14(18)19-4-2)13(17)12-10(15)7-5-8-11(12)16/h3,5,7-9,13,17H,1,4,6H2,2H3. The van der Waals surface area contributed by atoms with Gasteiger partial charge in [-0.1, -0.05) is 12.1 Å². The van der Waals surface area contributed by atoms with Crippen LogP contribution in [0.2, 0.25) is 0 Å². The Hall–Kier alpha value is -1.75. The van der Waals surface area contributed by atoms with Gasteiger partial charge >= 0.3 is 5.97 Å². The van der Waals surface area contributed by atoms with Gasteiger partial charge in [0.05, 0.1) is 24.2 Å². The van der Waals surface area contributed by atoms with Crippen LogP contribution in [0, 0.1) is 17.6 Å². The highest BCUT2D eigenvalue weighted by Gasteiger charge is 2.31. The number of hydrogen-bond donors (Lipinski definition) is 1. The summed E-state index contributed by atoms with van der Waals surface area (Å²) in [5, 5.41) is 10.0. The number of aliphatic hydroxyl groups is 1. The number of esters is 1. The Morgan fingerprint density at radius 3 is 2.53 bits per heavy atom. The van der Waals surface area contributed by atoms with Crippen molar-refractivity contribution in [1.29, 1.82) is 0 Å². The molecular weight excluding hydrogens is 254 g/mol. The minimum Gasteiger partial charge on any atom is -0.466 e. The first kappa shape index (κ1) is 15.3. The predicted octanol–water partition coefficient (Wildman–Crippen LogP) is 2.75. The molecule has 3 nitrogen and oxygen atoms in total. The molecule has 0 aliphatic carbocycles. The molecule has 0 saturated heterocycles. The van der Waals surface area contributed by atoms with Gasteiger partial charge in [-0.2, -0.15) is 0 Å². The first-order valence-corrected chi connectivity index (χ1v) is 5.92. The van der Waals surface area contributed by atoms with Crippen molar-refractivity contribution in [1.82, 2.24) is 0 Å². The normalized spacial score (nSPS) is 13.7. The van der Waals surface area contributed by atoms with E-state index in [1.165, 1.54) is 12.1 Å². The lowest BCUT2D eigenvalue weighted by molar-refractivity contribution is -0.152. The van der Waals surface area contributed by atoms with E-state index in [1.807, 2.05) is 0 Å². The Morgan fingerprint density at radius 1 is 1.47 bits per heavy atom. The molecule has 0 amide bonds. The molecule has 2 atom stereocenters. The molecule has 1 N–H and O–H groups in total. The van der Waals surface area contributed by atoms with Crippen molar-refractivity contribution in [2.24, 2.45) is 5.92 Å². The second kappa shape index (κ2) is 6.99. The largest absolute Gasteiger partial charge is 0.466 e. The number of aliphatic hydroxyl groups excluding tert-OH is 1. The molecule has 1 rings (SSSR count). The first-order valence-electron chi connectivity index (χ1n) is 5.92. The molecule has 0 spiro atoms. The maximum absolute atomic E-state index is 13.6. The van der Waals surface area contributed by atoms with Gasteiger partial charge in [-0.15, -0.1) is 6.58 Å². The van der Waals surface area contributed by atoms with E-state index in [-0.39, 0.29) is 13.0 Å². The van der Waals surface area contributed by atoms with Gasteiger partial charge < -0.3 is 9.84 Å². The van der Waals surface area contributed by atoms with E-state index in [4.69, 9.17) is 4.74 Å². The third kappa shape index (κ3) is 3.61. The summed E-state index contributed by atoms with van der Waals surface area (Å²) in [6, 6.07) is 3.24. The molecule has 0 fully saturated rings. The Labute approximate surface area is 110 Å². The topological polar surface area (TPSA) is 46.5 Å². The van der Waals surface area contributed by atoms with E-state index in [2.05, 4.69) is 6.58 Å². The van der Waals surface area contributed by atoms with Crippen molar-refractivity contribution in [3.8, 4) is 0 Å². The summed E-state index contributed by atoms with van der Waals surface area (Å²) < 4.78 is 31.9. The smallest absolute Gasteiger partial charge is 0.312 e. The summed E-state index contributed by atoms with van der Waals surface area (Å²) in [5.74, 6) is -3.59. The lowest BCUT2D eigenvalue weighted by atomic mass is 9.92. The highest BCUT2D eigenvalue weighted by molar-refractivity contribution is 5.73. The van der Waals surface area contributed by atoms with Crippen molar-refractivity contribution >= 4 is 5.97 Å². The van der Waals surface area contributed by atoms with Crippen LogP contribution in [-0.4, -0.2) is 17.7 Å². The van der Waals surface area contributed by atoms with Gasteiger partial charge in [0.1, 0.15) is 11.6 Å². The maximum Gasteiger partial charge on any atom is 0.312 e. The molecule has 0 aliphatic heterocycles. The zero-order chi connectivity index (χ0) is 14.4. The number of ether oxygens (including phenoxy) is 1. The quantitative estimate of drug-likeness (QED) is 0.638. The minimum absolute atomic E-state index is 0.0633. The third-order valence-electron chi connectivity index (χ3n) is 2.69. The average molecular weight is 270 g/mol. The average Bonchev–Trinajstić information content (AvgIpc) is 2.35. The van der Waals surface area contributed by atoms with Gasteiger partial charge in [0.2, 0.25) is 0 Å². The Bertz CT molecular complexity index is 440. The van der Waals surface area contributed by atoms with Crippen LogP contribution in [0.4, 0.5) is 8.78 Å². The summed E-state index contributed by atoms with van der Waals surface area (Å²) in [5.41, 5.74) is -0.526. The third-order valence-corrected chi connectivity index (χ3v) is 2.69. The molecule has 1 aromatic carbocycles. The molecule has 0 heterocycles. The van der Waals surface area contributed by atoms with Crippen molar-refractivity contribution in [3.63, 3.8) is 0 Å². The second-order valence-corrected chi connectivity index (χ2v) is 3.96. The summed E-state index contributed by atoms with van der Waals surface area (Å²) in [6.07, 6.45) is -0.157. The Morgan fingerprint density at radius 2 is 2.05 bits per heavy atom. The highest BCUT2D eigenvalue weighted by Crippen LogP contribution is 2.30. The summed E-state index contributed by atoms with van der Waals surface area (Å²) >= 11 is 0. The molecule has 5 heteroatoms. The van der Waals surface area contributed by atoms with Crippen molar-refractivity contribution in [3.05, 3.63) is 48.1 Å². The van der Waals surface area contributed by atoms with Crippen LogP contribution in [0.5, 0.6) is 0 Å². The van der Waals surface area contributed by atoms with Gasteiger partial charge in [0.25, 0.3) is 0 Å². The number of rotatable bonds is 6. The van der Waals surface area contributed by atoms with E-state index in [9.17, 15) is 18.7 Å². The zero-order valence-corrected chi connectivity index (χ0v) is 10.6. The molecule has 1 aromatic rings. The van der Waals surface area contributed by atoms with Crippen LogP contribution in [-0.2, 0) is 9.53 Å². The number of carbonyl (C=O) groups excluding carboxylic acids is 1. The first-order chi connectivity index (χ1) is 9.02. The lowest BCUT2D eigenvalue weighted by Crippen LogP contribution is -2.25. The van der Waals surface area contributed by atoms with Gasteiger partial charge in [-0.25, -0.2) is 8.78 Å². The molecule has 19 heavy (non-hydrogen) atoms. The van der Waals surface area contributed by atoms with E-state index < -0.39 is 35.2 Å². The Balaban J connectivity index is 3.08. The molecule has 0 aromatic heterocycles. The molecular formula is C14H16F2O3. The fraction of sp³-hybridized carbons (Fsp3) is 0.357. The maximum atomic E-state index is 13.6. The van der Waals surface area contributed by atoms with Crippen molar-refractivity contribution in [2.75, 3.05) is 6.61 Å². The molecule has 0 saturated carbocycles. The highest BCUT2D eigenvalue weighted by atomic mass is 19.1. The monoisotopic (exact) mass is 270 g/mol. The van der Waals surface area contributed by atoms with E-state index in [1.54, 1.807) is 6.92 Å². The van der Waals surface area contributed by atoms with E-state index in [0.29, 0.717) is 0 Å². The van der Waals surface area contributed by atoms with Crippen molar-refractivity contribution < 1.29 is 23.4 Å². The van der Waals surface area contributed by atoms with Crippen LogP contribution in [0.15, 0.2) is 30.9 Å². The van der Waals surface area contributed by atoms with Gasteiger partial charge in [-0.05, 0) is 25.5 Å². The molecule has 2 unspecified atom stereocenters. The van der Waals surface area contributed by atoms with Crippen LogP contribution in [0.3, 0.4) is 0 Å². The molecule has 0 radical (unpaired) electrons. The van der Waals surface area contributed by atoms with Crippen LogP contribution < -0.4 is 0 Å². The van der Waals surface area contributed by atoms with Crippen molar-refractivity contribution in [2.45, 2.75) is 19.4 Å². The van der Waals surface area contributed by atoms with Crippen LogP contribution in [0.25, 0.3) is 0 Å². The van der Waals surface area contributed by atoms with E-state index >= 15 is 0 Å². The zero-order valence-electron chi connectivity index (χ0n) is 10.6. The van der Waals surface area contributed by atoms with Gasteiger partial charge in [0.15, 0.2) is 0 Å². The van der Waals surface area contributed by atoms with Crippen LogP contribution >= 0.6 is 0 Å². The summed E-state index contributed by atoms with van der Waals surface area (Å²) in [4.78, 5) is 11.7. The number of benzene rings is 1. The number of hydrogen-bond acceptors (Lipinski definition) is 3. The van der Waals surface area contributed by atoms with Crippen LogP contribution in [0.1, 0.15) is 25.0 Å². The number of carbonyl (C=O) groups is 1. The summed E-state index contributed by atoms with van der Waals surface area (Å²) in [7, 11) is 0. The lowest BCUT2D eigenvalue weighted by Gasteiger charge is -2.21. The van der Waals surface area contributed by atoms with E-state index in [0.717, 1.165) is 12.1 Å². The molecule has 0 bridgehead atoms.